The fraction of sp³-hybridized carbons (Fsp3) is 0.538. The van der Waals surface area contributed by atoms with Gasteiger partial charge in [-0.2, -0.15) is 0 Å². The average Bonchev–Trinajstić information content (AvgIpc) is 2.31. The van der Waals surface area contributed by atoms with Crippen molar-refractivity contribution in [2.24, 2.45) is 0 Å². The Hall–Kier alpha value is -0.930. The zero-order valence-electron chi connectivity index (χ0n) is 9.72. The molecule has 0 aromatic heterocycles. The van der Waals surface area contributed by atoms with Crippen molar-refractivity contribution < 1.29 is 4.39 Å². The van der Waals surface area contributed by atoms with E-state index in [1.165, 1.54) is 5.56 Å². The molecule has 0 atom stereocenters. The summed E-state index contributed by atoms with van der Waals surface area (Å²) in [5.74, 6) is 0. The van der Waals surface area contributed by atoms with Crippen LogP contribution in [0.5, 0.6) is 0 Å². The Labute approximate surface area is 96.2 Å². The Balaban J connectivity index is 2.13. The van der Waals surface area contributed by atoms with Gasteiger partial charge in [-0.25, -0.2) is 4.39 Å². The number of piperidine rings is 1. The van der Waals surface area contributed by atoms with Gasteiger partial charge in [-0.15, -0.1) is 0 Å². The maximum atomic E-state index is 14.6. The van der Waals surface area contributed by atoms with Crippen molar-refractivity contribution >= 4 is 0 Å². The highest BCUT2D eigenvalue weighted by Gasteiger charge is 2.33. The summed E-state index contributed by atoms with van der Waals surface area (Å²) in [5.41, 5.74) is 0.904. The Bertz CT molecular complexity index is 328. The molecule has 1 aliphatic heterocycles. The molecule has 16 heavy (non-hydrogen) atoms. The molecular weight excluding hydrogens is 203 g/mol. The van der Waals surface area contributed by atoms with E-state index in [4.69, 9.17) is 0 Å². The molecule has 2 N–H and O–H groups in total. The van der Waals surface area contributed by atoms with Crippen LogP contribution >= 0.6 is 0 Å². The van der Waals surface area contributed by atoms with Gasteiger partial charge < -0.3 is 10.6 Å². The molecule has 2 rings (SSSR count). The second-order valence-corrected chi connectivity index (χ2v) is 4.44. The summed E-state index contributed by atoms with van der Waals surface area (Å²) >= 11 is 0. The van der Waals surface area contributed by atoms with E-state index in [-0.39, 0.29) is 0 Å². The number of nitrogens with one attached hydrogen (secondary N) is 2. The summed E-state index contributed by atoms with van der Waals surface area (Å²) in [6.45, 7) is 2.38. The van der Waals surface area contributed by atoms with Gasteiger partial charge in [-0.05, 0) is 44.1 Å². The van der Waals surface area contributed by atoms with Crippen LogP contribution in [0, 0.1) is 0 Å². The molecule has 0 bridgehead atoms. The molecule has 0 unspecified atom stereocenters. The maximum absolute atomic E-state index is 14.6. The lowest BCUT2D eigenvalue weighted by atomic mass is 9.86. The van der Waals surface area contributed by atoms with Gasteiger partial charge in [-0.1, -0.05) is 24.3 Å². The summed E-state index contributed by atoms with van der Waals surface area (Å²) in [7, 11) is 1.91. The van der Waals surface area contributed by atoms with Gasteiger partial charge in [0, 0.05) is 6.54 Å². The highest BCUT2D eigenvalue weighted by molar-refractivity contribution is 5.27. The molecule has 0 spiro atoms. The zero-order chi connectivity index (χ0) is 11.4. The Morgan fingerprint density at radius 1 is 1.25 bits per heavy atom. The van der Waals surface area contributed by atoms with Crippen LogP contribution in [0.2, 0.25) is 0 Å². The molecule has 1 aliphatic rings. The fourth-order valence-corrected chi connectivity index (χ4v) is 2.24. The van der Waals surface area contributed by atoms with Gasteiger partial charge in [0.2, 0.25) is 0 Å². The second-order valence-electron chi connectivity index (χ2n) is 4.44. The minimum Gasteiger partial charge on any atom is -0.316 e. The first kappa shape index (κ1) is 11.6. The summed E-state index contributed by atoms with van der Waals surface area (Å²) in [4.78, 5) is 0. The third-order valence-corrected chi connectivity index (χ3v) is 3.25. The largest absolute Gasteiger partial charge is 0.316 e. The molecular formula is C13H19FN2. The van der Waals surface area contributed by atoms with Crippen LogP contribution in [0.15, 0.2) is 24.3 Å². The van der Waals surface area contributed by atoms with Gasteiger partial charge in [0.1, 0.15) is 5.67 Å². The van der Waals surface area contributed by atoms with Crippen LogP contribution in [0.1, 0.15) is 24.0 Å². The Kier molecular flexibility index (Phi) is 3.56. The highest BCUT2D eigenvalue weighted by Crippen LogP contribution is 2.34. The number of hydrogen-bond acceptors (Lipinski definition) is 2. The Morgan fingerprint density at radius 3 is 2.44 bits per heavy atom. The van der Waals surface area contributed by atoms with Crippen molar-refractivity contribution in [2.45, 2.75) is 25.1 Å². The molecule has 0 amide bonds. The van der Waals surface area contributed by atoms with Crippen molar-refractivity contribution in [3.8, 4) is 0 Å². The molecule has 1 heterocycles. The van der Waals surface area contributed by atoms with Gasteiger partial charge >= 0.3 is 0 Å². The number of benzene rings is 1. The number of hydrogen-bond donors (Lipinski definition) is 2. The minimum absolute atomic E-state index is 0.582. The third-order valence-electron chi connectivity index (χ3n) is 3.25. The first-order valence-electron chi connectivity index (χ1n) is 5.88. The van der Waals surface area contributed by atoms with E-state index in [1.807, 2.05) is 31.3 Å². The quantitative estimate of drug-likeness (QED) is 0.817. The first-order valence-corrected chi connectivity index (χ1v) is 5.88. The summed E-state index contributed by atoms with van der Waals surface area (Å²) in [5, 5.41) is 6.28. The monoisotopic (exact) mass is 222 g/mol. The first-order chi connectivity index (χ1) is 7.74. The van der Waals surface area contributed by atoms with Crippen LogP contribution < -0.4 is 10.6 Å². The van der Waals surface area contributed by atoms with E-state index in [2.05, 4.69) is 10.6 Å². The highest BCUT2D eigenvalue weighted by atomic mass is 19.1. The van der Waals surface area contributed by atoms with Crippen LogP contribution in [0.3, 0.4) is 0 Å². The lowest BCUT2D eigenvalue weighted by Gasteiger charge is -2.30. The predicted molar refractivity (Wildman–Crippen MR) is 64.1 cm³/mol. The molecule has 1 aromatic rings. The van der Waals surface area contributed by atoms with Crippen molar-refractivity contribution in [2.75, 3.05) is 20.1 Å². The molecule has 1 fully saturated rings. The molecule has 1 saturated heterocycles. The van der Waals surface area contributed by atoms with Crippen LogP contribution in [0.25, 0.3) is 0 Å². The maximum Gasteiger partial charge on any atom is 0.138 e. The minimum atomic E-state index is -1.12. The summed E-state index contributed by atoms with van der Waals surface area (Å²) in [6.07, 6.45) is 1.16. The SMILES string of the molecule is CNCc1ccc(C2(F)CCNCC2)cc1. The van der Waals surface area contributed by atoms with E-state index in [9.17, 15) is 4.39 Å². The standard InChI is InChI=1S/C13H19FN2/c1-15-10-11-2-4-12(5-3-11)13(14)6-8-16-9-7-13/h2-5,15-16H,6-10H2,1H3. The molecule has 2 nitrogen and oxygen atoms in total. The van der Waals surface area contributed by atoms with E-state index >= 15 is 0 Å². The fourth-order valence-electron chi connectivity index (χ4n) is 2.24. The van der Waals surface area contributed by atoms with Gasteiger partial charge in [0.15, 0.2) is 0 Å². The van der Waals surface area contributed by atoms with Crippen molar-refractivity contribution in [1.82, 2.24) is 10.6 Å². The normalized spacial score (nSPS) is 19.6. The number of rotatable bonds is 3. The topological polar surface area (TPSA) is 24.1 Å². The lowest BCUT2D eigenvalue weighted by Crippen LogP contribution is -2.36. The predicted octanol–water partition coefficient (Wildman–Crippen LogP) is 1.95. The second kappa shape index (κ2) is 4.93. The van der Waals surface area contributed by atoms with E-state index in [1.54, 1.807) is 0 Å². The number of halogens is 1. The molecule has 88 valence electrons. The van der Waals surface area contributed by atoms with Crippen LogP contribution in [-0.4, -0.2) is 20.1 Å². The zero-order valence-corrected chi connectivity index (χ0v) is 9.72. The number of alkyl halides is 1. The smallest absolute Gasteiger partial charge is 0.138 e. The Morgan fingerprint density at radius 2 is 1.88 bits per heavy atom. The van der Waals surface area contributed by atoms with Crippen LogP contribution in [0.4, 0.5) is 4.39 Å². The van der Waals surface area contributed by atoms with Crippen molar-refractivity contribution in [3.63, 3.8) is 0 Å². The van der Waals surface area contributed by atoms with Gasteiger partial charge in [-0.3, -0.25) is 0 Å². The van der Waals surface area contributed by atoms with Crippen molar-refractivity contribution in [3.05, 3.63) is 35.4 Å². The average molecular weight is 222 g/mol. The molecule has 3 heteroatoms. The van der Waals surface area contributed by atoms with E-state index in [0.29, 0.717) is 12.8 Å². The van der Waals surface area contributed by atoms with Gasteiger partial charge in [0.25, 0.3) is 0 Å². The molecule has 0 saturated carbocycles. The van der Waals surface area contributed by atoms with Gasteiger partial charge in [0.05, 0.1) is 0 Å². The van der Waals surface area contributed by atoms with Crippen LogP contribution in [-0.2, 0) is 12.2 Å². The summed E-state index contributed by atoms with van der Waals surface area (Å²) in [6, 6.07) is 7.88. The third kappa shape index (κ3) is 2.42. The van der Waals surface area contributed by atoms with E-state index in [0.717, 1.165) is 25.2 Å². The van der Waals surface area contributed by atoms with E-state index < -0.39 is 5.67 Å². The van der Waals surface area contributed by atoms with Crippen molar-refractivity contribution in [1.29, 1.82) is 0 Å². The lowest BCUT2D eigenvalue weighted by molar-refractivity contribution is 0.115. The molecule has 1 aromatic carbocycles. The summed E-state index contributed by atoms with van der Waals surface area (Å²) < 4.78 is 14.6. The molecule has 0 aliphatic carbocycles. The molecule has 0 radical (unpaired) electrons.